The van der Waals surface area contributed by atoms with Gasteiger partial charge in [0, 0.05) is 31.5 Å². The highest BCUT2D eigenvalue weighted by Gasteiger charge is 2.27. The van der Waals surface area contributed by atoms with Crippen molar-refractivity contribution >= 4 is 17.2 Å². The zero-order chi connectivity index (χ0) is 14.0. The van der Waals surface area contributed by atoms with E-state index in [1.54, 1.807) is 19.1 Å². The van der Waals surface area contributed by atoms with Crippen LogP contribution in [0.1, 0.15) is 31.2 Å². The van der Waals surface area contributed by atoms with Gasteiger partial charge in [-0.1, -0.05) is 12.1 Å². The minimum Gasteiger partial charge on any atom is -0.366 e. The maximum Gasteiger partial charge on any atom is 0.295 e. The number of carbonyl (C=O) groups excluding carboxylic acids is 1. The third-order valence-electron chi connectivity index (χ3n) is 3.84. The number of Topliss-reactive ketones (excluding diaryl/α,β-unsaturated/α-hetero) is 1. The Labute approximate surface area is 112 Å². The van der Waals surface area contributed by atoms with Crippen molar-refractivity contribution in [1.29, 1.82) is 0 Å². The van der Waals surface area contributed by atoms with E-state index in [0.29, 0.717) is 29.9 Å². The van der Waals surface area contributed by atoms with Gasteiger partial charge in [-0.3, -0.25) is 14.9 Å². The van der Waals surface area contributed by atoms with E-state index in [0.717, 1.165) is 12.8 Å². The van der Waals surface area contributed by atoms with E-state index < -0.39 is 0 Å². The predicted molar refractivity (Wildman–Crippen MR) is 73.5 cm³/mol. The number of hydrogen-bond acceptors (Lipinski definition) is 4. The molecule has 5 nitrogen and oxygen atoms in total. The molecule has 0 bridgehead atoms. The van der Waals surface area contributed by atoms with Gasteiger partial charge in [0.1, 0.15) is 11.5 Å². The van der Waals surface area contributed by atoms with Gasteiger partial charge in [0.25, 0.3) is 5.69 Å². The van der Waals surface area contributed by atoms with Crippen LogP contribution in [0.15, 0.2) is 18.2 Å². The van der Waals surface area contributed by atoms with Gasteiger partial charge < -0.3 is 4.90 Å². The Morgan fingerprint density at radius 3 is 2.53 bits per heavy atom. The molecule has 1 saturated carbocycles. The summed E-state index contributed by atoms with van der Waals surface area (Å²) >= 11 is 0. The molecule has 0 unspecified atom stereocenters. The number of ketones is 1. The predicted octanol–water partition coefficient (Wildman–Crippen LogP) is 2.85. The molecule has 2 rings (SSSR count). The first-order chi connectivity index (χ1) is 9.00. The largest absolute Gasteiger partial charge is 0.366 e. The summed E-state index contributed by atoms with van der Waals surface area (Å²) < 4.78 is 0. The first-order valence-electron chi connectivity index (χ1n) is 6.49. The second-order valence-corrected chi connectivity index (χ2v) is 5.08. The monoisotopic (exact) mass is 262 g/mol. The molecule has 1 aliphatic rings. The van der Waals surface area contributed by atoms with Crippen LogP contribution in [0.4, 0.5) is 11.4 Å². The third kappa shape index (κ3) is 2.75. The molecule has 1 fully saturated rings. The summed E-state index contributed by atoms with van der Waals surface area (Å²) in [6.07, 6.45) is 2.71. The molecule has 102 valence electrons. The van der Waals surface area contributed by atoms with E-state index in [4.69, 9.17) is 0 Å². The minimum absolute atomic E-state index is 0.168. The fourth-order valence-electron chi connectivity index (χ4n) is 2.67. The van der Waals surface area contributed by atoms with Crippen LogP contribution in [-0.4, -0.2) is 23.8 Å². The van der Waals surface area contributed by atoms with Gasteiger partial charge in [0.15, 0.2) is 0 Å². The molecule has 0 N–H and O–H groups in total. The molecule has 0 radical (unpaired) electrons. The topological polar surface area (TPSA) is 63.5 Å². The van der Waals surface area contributed by atoms with Crippen LogP contribution in [-0.2, 0) is 4.79 Å². The molecule has 0 spiro atoms. The first kappa shape index (κ1) is 13.5. The van der Waals surface area contributed by atoms with Crippen molar-refractivity contribution in [2.24, 2.45) is 0 Å². The molecular formula is C14H18N2O3. The van der Waals surface area contributed by atoms with E-state index in [1.807, 2.05) is 18.0 Å². The Morgan fingerprint density at radius 2 is 1.95 bits per heavy atom. The summed E-state index contributed by atoms with van der Waals surface area (Å²) in [5.74, 6) is 0.295. The highest BCUT2D eigenvalue weighted by molar-refractivity contribution is 5.79. The Bertz CT molecular complexity index is 503. The zero-order valence-electron chi connectivity index (χ0n) is 11.3. The van der Waals surface area contributed by atoms with Crippen molar-refractivity contribution in [1.82, 2.24) is 0 Å². The number of nitrogens with zero attached hydrogens (tertiary/aromatic N) is 2. The van der Waals surface area contributed by atoms with E-state index >= 15 is 0 Å². The molecule has 1 aromatic carbocycles. The number of hydrogen-bond donors (Lipinski definition) is 0. The van der Waals surface area contributed by atoms with Crippen molar-refractivity contribution in [2.75, 3.05) is 11.9 Å². The van der Waals surface area contributed by atoms with Crippen LogP contribution >= 0.6 is 0 Å². The Morgan fingerprint density at radius 1 is 1.32 bits per heavy atom. The Balaban J connectivity index is 2.28. The summed E-state index contributed by atoms with van der Waals surface area (Å²) in [5.41, 5.74) is 1.48. The van der Waals surface area contributed by atoms with Crippen LogP contribution in [0.5, 0.6) is 0 Å². The number of nitro benzene ring substituents is 1. The maximum atomic E-state index is 11.3. The molecule has 1 aliphatic carbocycles. The zero-order valence-corrected chi connectivity index (χ0v) is 11.3. The molecule has 5 heteroatoms. The lowest BCUT2D eigenvalue weighted by Gasteiger charge is -2.32. The summed E-state index contributed by atoms with van der Waals surface area (Å²) in [4.78, 5) is 24.1. The molecule has 0 saturated heterocycles. The fourth-order valence-corrected chi connectivity index (χ4v) is 2.67. The maximum absolute atomic E-state index is 11.3. The lowest BCUT2D eigenvalue weighted by molar-refractivity contribution is -0.384. The average Bonchev–Trinajstić information content (AvgIpc) is 2.38. The average molecular weight is 262 g/mol. The van der Waals surface area contributed by atoms with Gasteiger partial charge in [-0.25, -0.2) is 0 Å². The molecule has 1 aromatic rings. The number of anilines is 1. The molecule has 0 aliphatic heterocycles. The molecule has 0 amide bonds. The van der Waals surface area contributed by atoms with Crippen molar-refractivity contribution in [3.63, 3.8) is 0 Å². The summed E-state index contributed by atoms with van der Waals surface area (Å²) in [6, 6.07) is 5.57. The Hall–Kier alpha value is -1.91. The number of rotatable bonds is 3. The normalized spacial score (nSPS) is 16.4. The summed E-state index contributed by atoms with van der Waals surface area (Å²) in [6.45, 7) is 1.75. The number of nitro groups is 1. The SMILES string of the molecule is Cc1cccc(N(C)C2CCC(=O)CC2)c1[N+](=O)[O-]. The van der Waals surface area contributed by atoms with Crippen LogP contribution < -0.4 is 4.90 Å². The van der Waals surface area contributed by atoms with E-state index in [1.165, 1.54) is 0 Å². The van der Waals surface area contributed by atoms with Gasteiger partial charge in [-0.2, -0.15) is 0 Å². The van der Waals surface area contributed by atoms with Crippen molar-refractivity contribution < 1.29 is 9.72 Å². The van der Waals surface area contributed by atoms with Gasteiger partial charge in [0.05, 0.1) is 4.92 Å². The Kier molecular flexibility index (Phi) is 3.83. The molecule has 0 heterocycles. The minimum atomic E-state index is -0.324. The molecular weight excluding hydrogens is 244 g/mol. The quantitative estimate of drug-likeness (QED) is 0.620. The lowest BCUT2D eigenvalue weighted by atomic mass is 9.93. The molecule has 0 atom stereocenters. The second kappa shape index (κ2) is 5.38. The van der Waals surface area contributed by atoms with Gasteiger partial charge in [-0.05, 0) is 25.8 Å². The number of para-hydroxylation sites is 1. The van der Waals surface area contributed by atoms with Crippen molar-refractivity contribution in [2.45, 2.75) is 38.6 Å². The number of aryl methyl sites for hydroxylation is 1. The van der Waals surface area contributed by atoms with Gasteiger partial charge >= 0.3 is 0 Å². The number of carbonyl (C=O) groups is 1. The highest BCUT2D eigenvalue weighted by atomic mass is 16.6. The van der Waals surface area contributed by atoms with E-state index in [-0.39, 0.29) is 16.7 Å². The van der Waals surface area contributed by atoms with Crippen LogP contribution in [0, 0.1) is 17.0 Å². The molecule has 19 heavy (non-hydrogen) atoms. The van der Waals surface area contributed by atoms with Crippen LogP contribution in [0.2, 0.25) is 0 Å². The van der Waals surface area contributed by atoms with Gasteiger partial charge in [-0.15, -0.1) is 0 Å². The standard InChI is InChI=1S/C14H18N2O3/c1-10-4-3-5-13(14(10)16(18)19)15(2)11-6-8-12(17)9-7-11/h3-5,11H,6-9H2,1-2H3. The summed E-state index contributed by atoms with van der Waals surface area (Å²) in [5, 5.41) is 11.2. The first-order valence-corrected chi connectivity index (χ1v) is 6.49. The van der Waals surface area contributed by atoms with Crippen molar-refractivity contribution in [3.05, 3.63) is 33.9 Å². The van der Waals surface area contributed by atoms with E-state index in [2.05, 4.69) is 0 Å². The van der Waals surface area contributed by atoms with E-state index in [9.17, 15) is 14.9 Å². The van der Waals surface area contributed by atoms with Gasteiger partial charge in [0.2, 0.25) is 0 Å². The fraction of sp³-hybridized carbons (Fsp3) is 0.500. The summed E-state index contributed by atoms with van der Waals surface area (Å²) in [7, 11) is 1.88. The third-order valence-corrected chi connectivity index (χ3v) is 3.84. The van der Waals surface area contributed by atoms with Crippen LogP contribution in [0.25, 0.3) is 0 Å². The van der Waals surface area contributed by atoms with Crippen molar-refractivity contribution in [3.8, 4) is 0 Å². The highest BCUT2D eigenvalue weighted by Crippen LogP contribution is 2.34. The molecule has 0 aromatic heterocycles. The second-order valence-electron chi connectivity index (χ2n) is 5.08. The van der Waals surface area contributed by atoms with Crippen LogP contribution in [0.3, 0.4) is 0 Å². The smallest absolute Gasteiger partial charge is 0.295 e. The number of benzene rings is 1. The lowest BCUT2D eigenvalue weighted by Crippen LogP contribution is -2.35.